The summed E-state index contributed by atoms with van der Waals surface area (Å²) in [5.41, 5.74) is 6.71. The summed E-state index contributed by atoms with van der Waals surface area (Å²) in [4.78, 5) is 4.40. The molecule has 5 heteroatoms. The summed E-state index contributed by atoms with van der Waals surface area (Å²) >= 11 is 0. The van der Waals surface area contributed by atoms with E-state index >= 15 is 0 Å². The lowest BCUT2D eigenvalue weighted by Crippen LogP contribution is -2.15. The molecule has 0 radical (unpaired) electrons. The fourth-order valence-electron chi connectivity index (χ4n) is 2.16. The van der Waals surface area contributed by atoms with Gasteiger partial charge in [0.05, 0.1) is 5.92 Å². The molecule has 0 aliphatic heterocycles. The van der Waals surface area contributed by atoms with Gasteiger partial charge in [0.15, 0.2) is 5.82 Å². The lowest BCUT2D eigenvalue weighted by Gasteiger charge is -2.11. The second-order valence-electron chi connectivity index (χ2n) is 5.41. The van der Waals surface area contributed by atoms with Crippen molar-refractivity contribution in [3.8, 4) is 0 Å². The van der Waals surface area contributed by atoms with Crippen molar-refractivity contribution in [2.24, 2.45) is 11.7 Å². The Labute approximate surface area is 118 Å². The van der Waals surface area contributed by atoms with E-state index in [4.69, 9.17) is 10.3 Å². The van der Waals surface area contributed by atoms with Gasteiger partial charge in [-0.25, -0.2) is 4.39 Å². The van der Waals surface area contributed by atoms with Crippen molar-refractivity contribution in [1.29, 1.82) is 0 Å². The van der Waals surface area contributed by atoms with Crippen LogP contribution in [0.3, 0.4) is 0 Å². The molecular weight excluding hydrogens is 257 g/mol. The highest BCUT2D eigenvalue weighted by atomic mass is 19.1. The first-order valence-corrected chi connectivity index (χ1v) is 6.85. The van der Waals surface area contributed by atoms with Crippen LogP contribution in [0.2, 0.25) is 0 Å². The molecule has 1 atom stereocenters. The van der Waals surface area contributed by atoms with Crippen molar-refractivity contribution < 1.29 is 8.91 Å². The minimum Gasteiger partial charge on any atom is -0.339 e. The Hall–Kier alpha value is -1.75. The van der Waals surface area contributed by atoms with Crippen molar-refractivity contribution in [3.05, 3.63) is 47.4 Å². The molecule has 4 nitrogen and oxygen atoms in total. The van der Waals surface area contributed by atoms with Crippen LogP contribution in [0.15, 0.2) is 28.8 Å². The van der Waals surface area contributed by atoms with E-state index in [0.717, 1.165) is 12.0 Å². The molecule has 0 fully saturated rings. The molecule has 1 unspecified atom stereocenters. The Kier molecular flexibility index (Phi) is 4.84. The summed E-state index contributed by atoms with van der Waals surface area (Å²) in [6.45, 7) is 4.77. The summed E-state index contributed by atoms with van der Waals surface area (Å²) < 4.78 is 18.1. The Morgan fingerprint density at radius 3 is 2.55 bits per heavy atom. The average molecular weight is 277 g/mol. The van der Waals surface area contributed by atoms with Crippen LogP contribution in [0.5, 0.6) is 0 Å². The zero-order chi connectivity index (χ0) is 14.5. The molecule has 1 heterocycles. The fraction of sp³-hybridized carbons (Fsp3) is 0.467. The summed E-state index contributed by atoms with van der Waals surface area (Å²) in [5, 5.41) is 3.97. The van der Waals surface area contributed by atoms with Gasteiger partial charge in [-0.15, -0.1) is 0 Å². The maximum absolute atomic E-state index is 12.8. The average Bonchev–Trinajstić information content (AvgIpc) is 2.87. The minimum atomic E-state index is -0.248. The van der Waals surface area contributed by atoms with Crippen LogP contribution in [0, 0.1) is 11.7 Å². The van der Waals surface area contributed by atoms with Gasteiger partial charge in [0.2, 0.25) is 5.89 Å². The monoisotopic (exact) mass is 277 g/mol. The van der Waals surface area contributed by atoms with E-state index in [-0.39, 0.29) is 11.7 Å². The number of hydrogen-bond donors (Lipinski definition) is 1. The van der Waals surface area contributed by atoms with E-state index < -0.39 is 0 Å². The molecule has 2 N–H and O–H groups in total. The molecule has 20 heavy (non-hydrogen) atoms. The van der Waals surface area contributed by atoms with Crippen molar-refractivity contribution in [1.82, 2.24) is 10.1 Å². The van der Waals surface area contributed by atoms with E-state index in [0.29, 0.717) is 30.6 Å². The molecule has 1 aromatic heterocycles. The van der Waals surface area contributed by atoms with E-state index in [9.17, 15) is 4.39 Å². The molecule has 108 valence electrons. The SMILES string of the molecule is CC(C)CC(CN)c1nc(Cc2ccc(F)cc2)no1. The normalized spacial score (nSPS) is 12.8. The highest BCUT2D eigenvalue weighted by Crippen LogP contribution is 2.21. The zero-order valence-electron chi connectivity index (χ0n) is 11.8. The Balaban J connectivity index is 2.06. The first-order chi connectivity index (χ1) is 9.58. The van der Waals surface area contributed by atoms with E-state index in [1.807, 2.05) is 0 Å². The molecule has 2 aromatic rings. The molecule has 0 spiro atoms. The molecule has 0 bridgehead atoms. The van der Waals surface area contributed by atoms with E-state index in [1.54, 1.807) is 12.1 Å². The van der Waals surface area contributed by atoms with Gasteiger partial charge in [0.25, 0.3) is 0 Å². The summed E-state index contributed by atoms with van der Waals surface area (Å²) in [7, 11) is 0. The van der Waals surface area contributed by atoms with Crippen molar-refractivity contribution in [2.45, 2.75) is 32.6 Å². The van der Waals surface area contributed by atoms with E-state index in [1.165, 1.54) is 12.1 Å². The quantitative estimate of drug-likeness (QED) is 0.881. The second-order valence-corrected chi connectivity index (χ2v) is 5.41. The second kappa shape index (κ2) is 6.61. The van der Waals surface area contributed by atoms with Gasteiger partial charge in [-0.2, -0.15) is 4.98 Å². The van der Waals surface area contributed by atoms with Crippen LogP contribution in [-0.4, -0.2) is 16.7 Å². The molecule has 0 amide bonds. The molecule has 2 rings (SSSR count). The zero-order valence-corrected chi connectivity index (χ0v) is 11.8. The van der Waals surface area contributed by atoms with Crippen LogP contribution < -0.4 is 5.73 Å². The van der Waals surface area contributed by atoms with Crippen LogP contribution >= 0.6 is 0 Å². The maximum atomic E-state index is 12.8. The number of halogens is 1. The number of nitrogens with two attached hydrogens (primary N) is 1. The summed E-state index contributed by atoms with van der Waals surface area (Å²) in [6.07, 6.45) is 1.46. The van der Waals surface area contributed by atoms with Crippen molar-refractivity contribution >= 4 is 0 Å². The smallest absolute Gasteiger partial charge is 0.231 e. The molecule has 0 saturated heterocycles. The third-order valence-corrected chi connectivity index (χ3v) is 3.15. The lowest BCUT2D eigenvalue weighted by atomic mass is 9.97. The standard InChI is InChI=1S/C15H20FN3O/c1-10(2)7-12(9-17)15-18-14(19-20-15)8-11-3-5-13(16)6-4-11/h3-6,10,12H,7-9,17H2,1-2H3. The molecule has 0 aliphatic rings. The Morgan fingerprint density at radius 1 is 1.25 bits per heavy atom. The third kappa shape index (κ3) is 3.87. The summed E-state index contributed by atoms with van der Waals surface area (Å²) in [6, 6.07) is 6.30. The Morgan fingerprint density at radius 2 is 1.95 bits per heavy atom. The van der Waals surface area contributed by atoms with Gasteiger partial charge in [-0.1, -0.05) is 31.1 Å². The van der Waals surface area contributed by atoms with Crippen LogP contribution in [-0.2, 0) is 6.42 Å². The fourth-order valence-corrected chi connectivity index (χ4v) is 2.16. The maximum Gasteiger partial charge on any atom is 0.231 e. The van der Waals surface area contributed by atoms with Gasteiger partial charge < -0.3 is 10.3 Å². The number of nitrogens with zero attached hydrogens (tertiary/aromatic N) is 2. The molecular formula is C15H20FN3O. The van der Waals surface area contributed by atoms with Gasteiger partial charge in [0.1, 0.15) is 5.82 Å². The largest absolute Gasteiger partial charge is 0.339 e. The van der Waals surface area contributed by atoms with Crippen molar-refractivity contribution in [2.75, 3.05) is 6.54 Å². The van der Waals surface area contributed by atoms with Gasteiger partial charge in [0, 0.05) is 13.0 Å². The third-order valence-electron chi connectivity index (χ3n) is 3.15. The molecule has 1 aromatic carbocycles. The first-order valence-electron chi connectivity index (χ1n) is 6.85. The number of hydrogen-bond acceptors (Lipinski definition) is 4. The number of benzene rings is 1. The predicted molar refractivity (Wildman–Crippen MR) is 74.8 cm³/mol. The number of aromatic nitrogens is 2. The topological polar surface area (TPSA) is 64.9 Å². The van der Waals surface area contributed by atoms with Gasteiger partial charge >= 0.3 is 0 Å². The van der Waals surface area contributed by atoms with Crippen LogP contribution in [0.4, 0.5) is 4.39 Å². The van der Waals surface area contributed by atoms with Crippen molar-refractivity contribution in [3.63, 3.8) is 0 Å². The minimum absolute atomic E-state index is 0.101. The van der Waals surface area contributed by atoms with Crippen LogP contribution in [0.1, 0.15) is 43.5 Å². The van der Waals surface area contributed by atoms with E-state index in [2.05, 4.69) is 24.0 Å². The molecule has 0 saturated carbocycles. The van der Waals surface area contributed by atoms with Crippen LogP contribution in [0.25, 0.3) is 0 Å². The lowest BCUT2D eigenvalue weighted by molar-refractivity contribution is 0.332. The number of rotatable bonds is 6. The predicted octanol–water partition coefficient (Wildman–Crippen LogP) is 2.89. The highest BCUT2D eigenvalue weighted by Gasteiger charge is 2.19. The first kappa shape index (κ1) is 14.7. The Bertz CT molecular complexity index is 536. The van der Waals surface area contributed by atoms with Gasteiger partial charge in [-0.3, -0.25) is 0 Å². The highest BCUT2D eigenvalue weighted by molar-refractivity contribution is 5.19. The van der Waals surface area contributed by atoms with Gasteiger partial charge in [-0.05, 0) is 30.0 Å². The summed E-state index contributed by atoms with van der Waals surface area (Å²) in [5.74, 6) is 1.58. The molecule has 0 aliphatic carbocycles.